The predicted molar refractivity (Wildman–Crippen MR) is 37.5 cm³/mol. The Morgan fingerprint density at radius 2 is 1.56 bits per heavy atom. The minimum absolute atomic E-state index is 0.583. The summed E-state index contributed by atoms with van der Waals surface area (Å²) in [5, 5.41) is 0. The van der Waals surface area contributed by atoms with Gasteiger partial charge in [-0.2, -0.15) is 0 Å². The van der Waals surface area contributed by atoms with E-state index >= 15 is 0 Å². The van der Waals surface area contributed by atoms with Crippen LogP contribution in [0, 0.1) is 0 Å². The average molecular weight is 130 g/mol. The molecule has 54 valence electrons. The molecule has 0 amide bonds. The van der Waals surface area contributed by atoms with Crippen LogP contribution >= 0.6 is 0 Å². The second-order valence-corrected chi connectivity index (χ2v) is 1.76. The second-order valence-electron chi connectivity index (χ2n) is 1.76. The van der Waals surface area contributed by atoms with Crippen molar-refractivity contribution in [3.05, 3.63) is 13.2 Å². The highest BCUT2D eigenvalue weighted by molar-refractivity contribution is 4.58. The van der Waals surface area contributed by atoms with Gasteiger partial charge in [0.25, 0.3) is 0 Å². The molecule has 2 aliphatic rings. The highest BCUT2D eigenvalue weighted by Gasteiger charge is 2.13. The van der Waals surface area contributed by atoms with Crippen LogP contribution in [0.15, 0.2) is 13.2 Å². The summed E-state index contributed by atoms with van der Waals surface area (Å²) in [7, 11) is 0. The van der Waals surface area contributed by atoms with Gasteiger partial charge in [-0.1, -0.05) is 0 Å². The molecule has 9 heavy (non-hydrogen) atoms. The summed E-state index contributed by atoms with van der Waals surface area (Å²) < 4.78 is 9.21. The summed E-state index contributed by atoms with van der Waals surface area (Å²) in [6, 6.07) is 0. The van der Waals surface area contributed by atoms with Crippen molar-refractivity contribution in [3.8, 4) is 0 Å². The van der Waals surface area contributed by atoms with Gasteiger partial charge in [0.05, 0.1) is 25.9 Å². The maximum atomic E-state index is 4.71. The first-order chi connectivity index (χ1) is 4.39. The number of hydrogen-bond donors (Lipinski definition) is 0. The van der Waals surface area contributed by atoms with Crippen LogP contribution in [0.1, 0.15) is 6.92 Å². The van der Waals surface area contributed by atoms with Crippen molar-refractivity contribution < 1.29 is 9.47 Å². The van der Waals surface area contributed by atoms with Gasteiger partial charge in [0.15, 0.2) is 0 Å². The van der Waals surface area contributed by atoms with Gasteiger partial charge in [-0.3, -0.25) is 0 Å². The van der Waals surface area contributed by atoms with Gasteiger partial charge in [-0.25, -0.2) is 0 Å². The van der Waals surface area contributed by atoms with E-state index < -0.39 is 0 Å². The molecule has 0 N–H and O–H groups in total. The molecule has 0 saturated carbocycles. The third-order valence-electron chi connectivity index (χ3n) is 0.704. The highest BCUT2D eigenvalue weighted by Crippen LogP contribution is 2.04. The maximum absolute atomic E-state index is 4.71. The van der Waals surface area contributed by atoms with E-state index in [1.54, 1.807) is 0 Å². The van der Waals surface area contributed by atoms with Gasteiger partial charge in [0.1, 0.15) is 0 Å². The SMILES string of the molecule is C1CO1.C=C.CC1CO1. The van der Waals surface area contributed by atoms with Crippen LogP contribution in [0.3, 0.4) is 0 Å². The summed E-state index contributed by atoms with van der Waals surface area (Å²) in [6.45, 7) is 11.0. The first-order valence-electron chi connectivity index (χ1n) is 3.09. The Labute approximate surface area is 56.5 Å². The largest absolute Gasteiger partial charge is 0.377 e. The van der Waals surface area contributed by atoms with E-state index in [1.165, 1.54) is 0 Å². The molecule has 0 bridgehead atoms. The number of ether oxygens (including phenoxy) is 2. The lowest BCUT2D eigenvalue weighted by Crippen LogP contribution is -1.60. The lowest BCUT2D eigenvalue weighted by molar-refractivity contribution is 0.423. The summed E-state index contributed by atoms with van der Waals surface area (Å²) in [4.78, 5) is 0. The topological polar surface area (TPSA) is 25.1 Å². The fraction of sp³-hybridized carbons (Fsp3) is 0.714. The zero-order valence-corrected chi connectivity index (χ0v) is 5.93. The molecule has 1 unspecified atom stereocenters. The molecule has 2 nitrogen and oxygen atoms in total. The third-order valence-corrected chi connectivity index (χ3v) is 0.704. The van der Waals surface area contributed by atoms with Crippen LogP contribution in [0.2, 0.25) is 0 Å². The average Bonchev–Trinajstić information content (AvgIpc) is 2.67. The van der Waals surface area contributed by atoms with E-state index in [-0.39, 0.29) is 0 Å². The lowest BCUT2D eigenvalue weighted by atomic mass is 10.6. The summed E-state index contributed by atoms with van der Waals surface area (Å²) in [6.07, 6.45) is 0.583. The van der Waals surface area contributed by atoms with Crippen molar-refractivity contribution in [1.82, 2.24) is 0 Å². The monoisotopic (exact) mass is 130 g/mol. The van der Waals surface area contributed by atoms with Crippen LogP contribution in [-0.2, 0) is 9.47 Å². The normalized spacial score (nSPS) is 26.1. The Morgan fingerprint density at radius 3 is 1.56 bits per heavy atom. The van der Waals surface area contributed by atoms with Gasteiger partial charge in [0.2, 0.25) is 0 Å². The Kier molecular flexibility index (Phi) is 5.57. The van der Waals surface area contributed by atoms with Gasteiger partial charge in [-0.15, -0.1) is 13.2 Å². The Balaban J connectivity index is 0.000000115. The molecule has 2 heterocycles. The summed E-state index contributed by atoms with van der Waals surface area (Å²) >= 11 is 0. The van der Waals surface area contributed by atoms with E-state index in [1.807, 2.05) is 0 Å². The number of epoxide rings is 2. The van der Waals surface area contributed by atoms with E-state index in [2.05, 4.69) is 24.8 Å². The minimum Gasteiger partial charge on any atom is -0.377 e. The molecule has 2 heteroatoms. The Bertz CT molecular complexity index is 55.2. The first kappa shape index (κ1) is 8.66. The Morgan fingerprint density at radius 1 is 1.33 bits per heavy atom. The molecule has 2 saturated heterocycles. The van der Waals surface area contributed by atoms with Crippen LogP contribution in [-0.4, -0.2) is 25.9 Å². The minimum atomic E-state index is 0.583. The predicted octanol–water partition coefficient (Wildman–Crippen LogP) is 1.22. The van der Waals surface area contributed by atoms with E-state index in [0.717, 1.165) is 19.8 Å². The van der Waals surface area contributed by atoms with Crippen molar-refractivity contribution in [2.45, 2.75) is 13.0 Å². The maximum Gasteiger partial charge on any atom is 0.0781 e. The summed E-state index contributed by atoms with van der Waals surface area (Å²) in [5.41, 5.74) is 0. The summed E-state index contributed by atoms with van der Waals surface area (Å²) in [5.74, 6) is 0. The van der Waals surface area contributed by atoms with Crippen molar-refractivity contribution in [3.63, 3.8) is 0 Å². The second kappa shape index (κ2) is 5.79. The highest BCUT2D eigenvalue weighted by atomic mass is 16.6. The smallest absolute Gasteiger partial charge is 0.0781 e. The van der Waals surface area contributed by atoms with Crippen molar-refractivity contribution >= 4 is 0 Å². The molecule has 2 rings (SSSR count). The molecule has 0 spiro atoms. The van der Waals surface area contributed by atoms with Crippen LogP contribution in [0.5, 0.6) is 0 Å². The van der Waals surface area contributed by atoms with Crippen molar-refractivity contribution in [1.29, 1.82) is 0 Å². The molecule has 2 aliphatic heterocycles. The molecule has 0 aromatic carbocycles. The fourth-order valence-electron chi connectivity index (χ4n) is 0.0962. The Hall–Kier alpha value is -0.340. The standard InChI is InChI=1S/C3H6O.C2H4O.C2H4/c1-3-2-4-3;1-2-3-1;1-2/h3H,2H2,1H3;1-2H2;1-2H2. The van der Waals surface area contributed by atoms with Crippen LogP contribution in [0.4, 0.5) is 0 Å². The molecular formula is C7H14O2. The molecule has 0 aromatic heterocycles. The third kappa shape index (κ3) is 18.3. The fourth-order valence-corrected chi connectivity index (χ4v) is 0.0962. The van der Waals surface area contributed by atoms with Crippen LogP contribution in [0.25, 0.3) is 0 Å². The van der Waals surface area contributed by atoms with Crippen LogP contribution < -0.4 is 0 Å². The number of hydrogen-bond acceptors (Lipinski definition) is 2. The molecule has 0 radical (unpaired) electrons. The molecular weight excluding hydrogens is 116 g/mol. The van der Waals surface area contributed by atoms with E-state index in [9.17, 15) is 0 Å². The first-order valence-corrected chi connectivity index (χ1v) is 3.09. The quantitative estimate of drug-likeness (QED) is 0.364. The molecule has 0 aromatic rings. The van der Waals surface area contributed by atoms with E-state index in [4.69, 9.17) is 4.74 Å². The zero-order valence-electron chi connectivity index (χ0n) is 5.93. The van der Waals surface area contributed by atoms with E-state index in [0.29, 0.717) is 6.10 Å². The van der Waals surface area contributed by atoms with Gasteiger partial charge >= 0.3 is 0 Å². The van der Waals surface area contributed by atoms with Crippen molar-refractivity contribution in [2.75, 3.05) is 19.8 Å². The lowest BCUT2D eigenvalue weighted by Gasteiger charge is -1.50. The van der Waals surface area contributed by atoms with Gasteiger partial charge < -0.3 is 9.47 Å². The zero-order chi connectivity index (χ0) is 7.11. The molecule has 2 fully saturated rings. The molecule has 1 atom stereocenters. The number of rotatable bonds is 0. The van der Waals surface area contributed by atoms with Gasteiger partial charge in [0, 0.05) is 0 Å². The van der Waals surface area contributed by atoms with Crippen molar-refractivity contribution in [2.24, 2.45) is 0 Å². The van der Waals surface area contributed by atoms with Gasteiger partial charge in [-0.05, 0) is 6.92 Å². The molecule has 0 aliphatic carbocycles.